The number of aliphatic hydroxyl groups is 1. The molecule has 0 bridgehead atoms. The van der Waals surface area contributed by atoms with E-state index in [4.69, 9.17) is 9.72 Å². The summed E-state index contributed by atoms with van der Waals surface area (Å²) >= 11 is 0. The molecule has 2 aromatic heterocycles. The number of benzene rings is 4. The van der Waals surface area contributed by atoms with Crippen LogP contribution >= 0.6 is 0 Å². The number of carbonyl (C=O) groups is 4. The van der Waals surface area contributed by atoms with Crippen molar-refractivity contribution in [3.05, 3.63) is 137 Å². The first-order valence-corrected chi connectivity index (χ1v) is 22.4. The lowest BCUT2D eigenvalue weighted by Gasteiger charge is -2.29. The Balaban J connectivity index is 0.824. The van der Waals surface area contributed by atoms with Crippen LogP contribution in [0.25, 0.3) is 33.4 Å². The highest BCUT2D eigenvalue weighted by Gasteiger charge is 2.39. The first-order chi connectivity index (χ1) is 31.7. The minimum atomic E-state index is -0.693. The molecule has 4 aromatic carbocycles. The first kappa shape index (κ1) is 43.0. The van der Waals surface area contributed by atoms with Gasteiger partial charge in [0.2, 0.25) is 11.8 Å². The molecule has 1 saturated carbocycles. The van der Waals surface area contributed by atoms with Crippen molar-refractivity contribution in [2.24, 2.45) is 0 Å². The molecule has 330 valence electrons. The van der Waals surface area contributed by atoms with Crippen molar-refractivity contribution < 1.29 is 29.0 Å². The summed E-state index contributed by atoms with van der Waals surface area (Å²) in [4.78, 5) is 56.1. The lowest BCUT2D eigenvalue weighted by molar-refractivity contribution is -0.137. The predicted molar refractivity (Wildman–Crippen MR) is 245 cm³/mol. The van der Waals surface area contributed by atoms with Crippen molar-refractivity contribution >= 4 is 34.7 Å². The molecule has 1 atom stereocenters. The third-order valence-electron chi connectivity index (χ3n) is 12.6. The van der Waals surface area contributed by atoms with Crippen LogP contribution in [-0.4, -0.2) is 73.1 Å². The second-order valence-electron chi connectivity index (χ2n) is 17.0. The highest BCUT2D eigenvalue weighted by molar-refractivity contribution is 6.05. The number of rotatable bonds is 13. The van der Waals surface area contributed by atoms with Crippen LogP contribution in [0.2, 0.25) is 0 Å². The minimum Gasteiger partial charge on any atom is -0.484 e. The molecule has 2 aliphatic heterocycles. The molecule has 6 aromatic rings. The van der Waals surface area contributed by atoms with Crippen molar-refractivity contribution in [2.75, 3.05) is 13.2 Å². The summed E-state index contributed by atoms with van der Waals surface area (Å²) in [5.74, 6) is 5.78. The van der Waals surface area contributed by atoms with Gasteiger partial charge in [0.1, 0.15) is 22.9 Å². The van der Waals surface area contributed by atoms with Gasteiger partial charge in [0, 0.05) is 55.2 Å². The maximum Gasteiger partial charge on any atom is 0.257 e. The lowest BCUT2D eigenvalue weighted by Crippen LogP contribution is -2.52. The van der Waals surface area contributed by atoms with Gasteiger partial charge >= 0.3 is 0 Å². The van der Waals surface area contributed by atoms with Gasteiger partial charge in [-0.3, -0.25) is 29.9 Å². The third-order valence-corrected chi connectivity index (χ3v) is 12.6. The molecular weight excluding hydrogens is 819 g/mol. The first-order valence-electron chi connectivity index (χ1n) is 22.4. The molecule has 9 rings (SSSR count). The zero-order valence-corrected chi connectivity index (χ0v) is 36.1. The number of nitrogens with zero attached hydrogens (tertiary/aromatic N) is 4. The van der Waals surface area contributed by atoms with Crippen molar-refractivity contribution in [1.82, 2.24) is 29.7 Å². The van der Waals surface area contributed by atoms with Gasteiger partial charge in [0.05, 0.1) is 23.5 Å². The van der Waals surface area contributed by atoms with E-state index in [-0.39, 0.29) is 55.9 Å². The summed E-state index contributed by atoms with van der Waals surface area (Å²) in [6.07, 6.45) is 7.26. The molecule has 2 fully saturated rings. The van der Waals surface area contributed by atoms with E-state index in [0.29, 0.717) is 54.7 Å². The number of hydrogen-bond donors (Lipinski definition) is 4. The van der Waals surface area contributed by atoms with Gasteiger partial charge in [-0.15, -0.1) is 0 Å². The molecule has 4 amide bonds. The van der Waals surface area contributed by atoms with Gasteiger partial charge in [0.15, 0.2) is 6.61 Å². The van der Waals surface area contributed by atoms with Crippen LogP contribution in [0.3, 0.4) is 0 Å². The average molecular weight is 870 g/mol. The standard InChI is InChI=1S/C52H51N7O6/c53-49-47-46(36-15-6-3-7-16-36)48(37-17-8-4-9-18-37)58(50(47)55-33-59(49)39-19-21-40(60)22-20-39)30-35-14-11-13-34(28-35)12-5-1-2-10-27-54-45(62)32-65-41-23-24-42-38(29-41)31-57(52(42)64)43-25-26-44(61)56-51(43)63/h3-4,6-9,11,13-18,23-24,28-29,33,39-40,43,53,60H,1-2,10,19-22,25-27,30-32H2,(H,54,62)(H,56,61,63). The number of amides is 4. The molecule has 13 heteroatoms. The molecular formula is C52H51N7O6. The van der Waals surface area contributed by atoms with Crippen LogP contribution in [0.5, 0.6) is 5.75 Å². The third kappa shape index (κ3) is 9.35. The fourth-order valence-corrected chi connectivity index (χ4v) is 9.32. The number of fused-ring (bicyclic) bond motifs is 2. The Kier molecular flexibility index (Phi) is 12.7. The zero-order chi connectivity index (χ0) is 44.9. The second-order valence-corrected chi connectivity index (χ2v) is 17.0. The van der Waals surface area contributed by atoms with Crippen molar-refractivity contribution in [3.63, 3.8) is 0 Å². The maximum absolute atomic E-state index is 13.0. The minimum absolute atomic E-state index is 0.103. The van der Waals surface area contributed by atoms with Gasteiger partial charge in [-0.2, -0.15) is 0 Å². The number of nitrogens with one attached hydrogen (secondary N) is 3. The van der Waals surface area contributed by atoms with Crippen LogP contribution in [0.1, 0.15) is 90.9 Å². The zero-order valence-electron chi connectivity index (χ0n) is 36.1. The number of piperidine rings is 1. The van der Waals surface area contributed by atoms with Gasteiger partial charge < -0.3 is 29.2 Å². The number of hydrogen-bond acceptors (Lipinski definition) is 8. The van der Waals surface area contributed by atoms with E-state index >= 15 is 0 Å². The number of aromatic nitrogens is 3. The van der Waals surface area contributed by atoms with Crippen molar-refractivity contribution in [2.45, 2.75) is 89.1 Å². The number of ether oxygens (including phenoxy) is 1. The Bertz CT molecular complexity index is 2890. The summed E-state index contributed by atoms with van der Waals surface area (Å²) in [6.45, 7) is 1.06. The molecule has 1 saturated heterocycles. The smallest absolute Gasteiger partial charge is 0.257 e. The fraction of sp³-hybridized carbons (Fsp3) is 0.308. The Hall–Kier alpha value is -7.30. The largest absolute Gasteiger partial charge is 0.484 e. The molecule has 13 nitrogen and oxygen atoms in total. The number of carbonyl (C=O) groups excluding carboxylic acids is 4. The van der Waals surface area contributed by atoms with E-state index in [0.717, 1.165) is 70.2 Å². The average Bonchev–Trinajstić information content (AvgIpc) is 3.83. The Morgan fingerprint density at radius 1 is 0.892 bits per heavy atom. The lowest BCUT2D eigenvalue weighted by atomic mass is 9.93. The van der Waals surface area contributed by atoms with Crippen LogP contribution < -0.4 is 20.9 Å². The van der Waals surface area contributed by atoms with E-state index in [9.17, 15) is 29.7 Å². The van der Waals surface area contributed by atoms with Gasteiger partial charge in [0.25, 0.3) is 11.8 Å². The van der Waals surface area contributed by atoms with Gasteiger partial charge in [-0.05, 0) is 97.5 Å². The summed E-state index contributed by atoms with van der Waals surface area (Å²) in [5, 5.41) is 25.9. The molecule has 1 aliphatic carbocycles. The van der Waals surface area contributed by atoms with Crippen LogP contribution in [-0.2, 0) is 27.5 Å². The normalized spacial score (nSPS) is 18.2. The molecule has 0 spiro atoms. The highest BCUT2D eigenvalue weighted by Crippen LogP contribution is 2.40. The quantitative estimate of drug-likeness (QED) is 0.0572. The molecule has 3 aliphatic rings. The predicted octanol–water partition coefficient (Wildman–Crippen LogP) is 6.65. The van der Waals surface area contributed by atoms with E-state index in [1.807, 2.05) is 59.4 Å². The van der Waals surface area contributed by atoms with Crippen molar-refractivity contribution in [3.8, 4) is 40.0 Å². The summed E-state index contributed by atoms with van der Waals surface area (Å²) in [7, 11) is 0. The van der Waals surface area contributed by atoms with Crippen LogP contribution in [0, 0.1) is 17.3 Å². The van der Waals surface area contributed by atoms with Crippen LogP contribution in [0.4, 0.5) is 0 Å². The summed E-state index contributed by atoms with van der Waals surface area (Å²) in [5.41, 5.74) is 8.37. The monoisotopic (exact) mass is 869 g/mol. The molecule has 1 unspecified atom stereocenters. The Labute approximate surface area is 377 Å². The molecule has 4 N–H and O–H groups in total. The van der Waals surface area contributed by atoms with Gasteiger partial charge in [-0.25, -0.2) is 4.98 Å². The Morgan fingerprint density at radius 3 is 2.43 bits per heavy atom. The molecule has 65 heavy (non-hydrogen) atoms. The number of unbranched alkanes of at least 4 members (excludes halogenated alkanes) is 2. The highest BCUT2D eigenvalue weighted by atomic mass is 16.5. The van der Waals surface area contributed by atoms with E-state index < -0.39 is 11.9 Å². The molecule has 0 radical (unpaired) electrons. The van der Waals surface area contributed by atoms with Crippen molar-refractivity contribution in [1.29, 1.82) is 5.41 Å². The van der Waals surface area contributed by atoms with E-state index in [2.05, 4.69) is 63.4 Å². The number of aliphatic hydroxyl groups excluding tert-OH is 1. The van der Waals surface area contributed by atoms with E-state index in [1.54, 1.807) is 18.2 Å². The van der Waals surface area contributed by atoms with E-state index in [1.165, 1.54) is 4.90 Å². The SMILES string of the molecule is N=c1c2c(-c3ccccc3)c(-c3ccccc3)n(Cc3cccc(C#CCCCCNC(=O)COc4ccc5c(c4)CN(C4CCC(=O)NC4=O)C5=O)c3)c2ncn1C1CCC(O)CC1. The summed E-state index contributed by atoms with van der Waals surface area (Å²) in [6, 6.07) is 33.2. The second kappa shape index (κ2) is 19.2. The van der Waals surface area contributed by atoms with Crippen LogP contribution in [0.15, 0.2) is 109 Å². The molecule has 4 heterocycles. The fourth-order valence-electron chi connectivity index (χ4n) is 9.32. The topological polar surface area (TPSA) is 172 Å². The Morgan fingerprint density at radius 2 is 1.66 bits per heavy atom. The summed E-state index contributed by atoms with van der Waals surface area (Å²) < 4.78 is 9.97. The number of imide groups is 1. The van der Waals surface area contributed by atoms with Gasteiger partial charge in [-0.1, -0.05) is 84.6 Å². The maximum atomic E-state index is 13.0.